The van der Waals surface area contributed by atoms with Crippen molar-refractivity contribution in [3.05, 3.63) is 29.8 Å². The molecule has 1 saturated carbocycles. The van der Waals surface area contributed by atoms with Gasteiger partial charge in [0, 0.05) is 23.8 Å². The quantitative estimate of drug-likeness (QED) is 0.746. The Kier molecular flexibility index (Phi) is 4.96. The van der Waals surface area contributed by atoms with Gasteiger partial charge in [-0.15, -0.1) is 0 Å². The van der Waals surface area contributed by atoms with Crippen molar-refractivity contribution >= 4 is 17.5 Å². The lowest BCUT2D eigenvalue weighted by Crippen LogP contribution is -2.33. The summed E-state index contributed by atoms with van der Waals surface area (Å²) in [5.41, 5.74) is 6.83. The first-order valence-electron chi connectivity index (χ1n) is 7.43. The maximum absolute atomic E-state index is 12.2. The van der Waals surface area contributed by atoms with Gasteiger partial charge in [0.2, 0.25) is 5.91 Å². The van der Waals surface area contributed by atoms with Gasteiger partial charge in [0.15, 0.2) is 0 Å². The Morgan fingerprint density at radius 2 is 2.05 bits per heavy atom. The molecule has 0 heterocycles. The van der Waals surface area contributed by atoms with Gasteiger partial charge in [-0.1, -0.05) is 19.9 Å². The minimum atomic E-state index is -0.228. The van der Waals surface area contributed by atoms with E-state index in [0.717, 1.165) is 12.8 Å². The molecule has 2 rings (SSSR count). The number of anilines is 1. The van der Waals surface area contributed by atoms with Crippen molar-refractivity contribution in [2.75, 3.05) is 11.9 Å². The third-order valence-electron chi connectivity index (χ3n) is 3.70. The fourth-order valence-corrected chi connectivity index (χ4v) is 2.15. The van der Waals surface area contributed by atoms with Gasteiger partial charge >= 0.3 is 0 Å². The van der Waals surface area contributed by atoms with E-state index in [1.165, 1.54) is 0 Å². The van der Waals surface area contributed by atoms with Crippen LogP contribution in [0, 0.1) is 11.8 Å². The Hall–Kier alpha value is -1.88. The third-order valence-corrected chi connectivity index (χ3v) is 3.70. The first-order valence-corrected chi connectivity index (χ1v) is 7.43. The molecular formula is C16H23N3O2. The molecule has 1 aromatic rings. The molecule has 21 heavy (non-hydrogen) atoms. The van der Waals surface area contributed by atoms with Crippen LogP contribution in [-0.2, 0) is 4.79 Å². The first-order chi connectivity index (χ1) is 10.0. The lowest BCUT2D eigenvalue weighted by molar-refractivity contribution is -0.120. The Balaban J connectivity index is 2.03. The van der Waals surface area contributed by atoms with Gasteiger partial charge in [-0.2, -0.15) is 0 Å². The molecule has 0 radical (unpaired) electrons. The monoisotopic (exact) mass is 289 g/mol. The van der Waals surface area contributed by atoms with Crippen LogP contribution in [0.5, 0.6) is 0 Å². The molecule has 1 aliphatic rings. The maximum atomic E-state index is 12.2. The van der Waals surface area contributed by atoms with Crippen LogP contribution in [0.3, 0.4) is 0 Å². The standard InChI is InChI=1S/C16H23N3O2/c1-10(2)14(9-17)16(21)19-13-5-3-4-11(8-13)15(20)18-12-6-7-12/h3-5,8,10,12,14H,6-7,9,17H2,1-2H3,(H,18,20)(H,19,21). The molecule has 0 aliphatic heterocycles. The van der Waals surface area contributed by atoms with Crippen molar-refractivity contribution < 1.29 is 9.59 Å². The summed E-state index contributed by atoms with van der Waals surface area (Å²) in [6, 6.07) is 7.31. The molecule has 5 nitrogen and oxygen atoms in total. The second-order valence-corrected chi connectivity index (χ2v) is 5.90. The molecule has 1 aliphatic carbocycles. The maximum Gasteiger partial charge on any atom is 0.251 e. The molecule has 0 aromatic heterocycles. The van der Waals surface area contributed by atoms with Crippen molar-refractivity contribution in [3.8, 4) is 0 Å². The van der Waals surface area contributed by atoms with Crippen LogP contribution in [0.15, 0.2) is 24.3 Å². The average Bonchev–Trinajstić information content (AvgIpc) is 3.23. The zero-order chi connectivity index (χ0) is 15.4. The Labute approximate surface area is 125 Å². The number of carbonyl (C=O) groups is 2. The molecule has 5 heteroatoms. The zero-order valence-electron chi connectivity index (χ0n) is 12.6. The van der Waals surface area contributed by atoms with Crippen LogP contribution in [0.25, 0.3) is 0 Å². The van der Waals surface area contributed by atoms with Crippen LogP contribution in [0.1, 0.15) is 37.0 Å². The van der Waals surface area contributed by atoms with Crippen LogP contribution < -0.4 is 16.4 Å². The molecule has 1 atom stereocenters. The van der Waals surface area contributed by atoms with E-state index in [1.807, 2.05) is 13.8 Å². The highest BCUT2D eigenvalue weighted by Gasteiger charge is 2.24. The number of carbonyl (C=O) groups excluding carboxylic acids is 2. The van der Waals surface area contributed by atoms with E-state index in [9.17, 15) is 9.59 Å². The second kappa shape index (κ2) is 6.72. The summed E-state index contributed by atoms with van der Waals surface area (Å²) in [5, 5.41) is 5.77. The first kappa shape index (κ1) is 15.5. The molecule has 1 unspecified atom stereocenters. The van der Waals surface area contributed by atoms with Gasteiger partial charge in [0.05, 0.1) is 5.92 Å². The summed E-state index contributed by atoms with van der Waals surface area (Å²) in [7, 11) is 0. The normalized spacial score (nSPS) is 15.6. The highest BCUT2D eigenvalue weighted by molar-refractivity contribution is 5.98. The van der Waals surface area contributed by atoms with E-state index in [1.54, 1.807) is 24.3 Å². The molecule has 1 aromatic carbocycles. The van der Waals surface area contributed by atoms with E-state index in [-0.39, 0.29) is 23.7 Å². The fraction of sp³-hybridized carbons (Fsp3) is 0.500. The molecular weight excluding hydrogens is 266 g/mol. The van der Waals surface area contributed by atoms with Gasteiger partial charge in [0.25, 0.3) is 5.91 Å². The molecule has 0 saturated heterocycles. The van der Waals surface area contributed by atoms with Crippen molar-refractivity contribution in [2.45, 2.75) is 32.7 Å². The summed E-state index contributed by atoms with van der Waals surface area (Å²) >= 11 is 0. The molecule has 1 fully saturated rings. The lowest BCUT2D eigenvalue weighted by atomic mass is 9.95. The van der Waals surface area contributed by atoms with E-state index in [2.05, 4.69) is 10.6 Å². The van der Waals surface area contributed by atoms with Crippen LogP contribution in [0.2, 0.25) is 0 Å². The van der Waals surface area contributed by atoms with Gasteiger partial charge < -0.3 is 16.4 Å². The number of benzene rings is 1. The predicted octanol–water partition coefficient (Wildman–Crippen LogP) is 1.75. The van der Waals surface area contributed by atoms with Crippen molar-refractivity contribution in [1.82, 2.24) is 5.32 Å². The van der Waals surface area contributed by atoms with Gasteiger partial charge in [-0.3, -0.25) is 9.59 Å². The summed E-state index contributed by atoms with van der Waals surface area (Å²) in [6.45, 7) is 4.25. The van der Waals surface area contributed by atoms with Crippen molar-refractivity contribution in [3.63, 3.8) is 0 Å². The largest absolute Gasteiger partial charge is 0.349 e. The number of rotatable bonds is 6. The third kappa shape index (κ3) is 4.29. The van der Waals surface area contributed by atoms with Crippen LogP contribution in [0.4, 0.5) is 5.69 Å². The molecule has 0 spiro atoms. The number of nitrogens with one attached hydrogen (secondary N) is 2. The van der Waals surface area contributed by atoms with Gasteiger partial charge in [-0.05, 0) is 37.0 Å². The van der Waals surface area contributed by atoms with Crippen molar-refractivity contribution in [1.29, 1.82) is 0 Å². The second-order valence-electron chi connectivity index (χ2n) is 5.90. The van der Waals surface area contributed by atoms with E-state index < -0.39 is 0 Å². The number of hydrogen-bond acceptors (Lipinski definition) is 3. The van der Waals surface area contributed by atoms with Crippen LogP contribution in [-0.4, -0.2) is 24.4 Å². The summed E-state index contributed by atoms with van der Waals surface area (Å²) in [6.07, 6.45) is 2.10. The van der Waals surface area contributed by atoms with Gasteiger partial charge in [-0.25, -0.2) is 0 Å². The number of hydrogen-bond donors (Lipinski definition) is 3. The summed E-state index contributed by atoms with van der Waals surface area (Å²) < 4.78 is 0. The SMILES string of the molecule is CC(C)C(CN)C(=O)Nc1cccc(C(=O)NC2CC2)c1. The van der Waals surface area contributed by atoms with Crippen molar-refractivity contribution in [2.24, 2.45) is 17.6 Å². The Bertz CT molecular complexity index is 524. The number of nitrogens with two attached hydrogens (primary N) is 1. The predicted molar refractivity (Wildman–Crippen MR) is 82.9 cm³/mol. The van der Waals surface area contributed by atoms with E-state index in [4.69, 9.17) is 5.73 Å². The highest BCUT2D eigenvalue weighted by Crippen LogP contribution is 2.20. The summed E-state index contributed by atoms with van der Waals surface area (Å²) in [5.74, 6) is -0.245. The molecule has 4 N–H and O–H groups in total. The minimum absolute atomic E-state index is 0.0900. The Morgan fingerprint density at radius 3 is 2.62 bits per heavy atom. The van der Waals surface area contributed by atoms with Gasteiger partial charge in [0.1, 0.15) is 0 Å². The zero-order valence-corrected chi connectivity index (χ0v) is 12.6. The minimum Gasteiger partial charge on any atom is -0.349 e. The summed E-state index contributed by atoms with van der Waals surface area (Å²) in [4.78, 5) is 24.1. The lowest BCUT2D eigenvalue weighted by Gasteiger charge is -2.18. The number of amides is 2. The molecule has 114 valence electrons. The molecule has 2 amide bonds. The molecule has 0 bridgehead atoms. The average molecular weight is 289 g/mol. The topological polar surface area (TPSA) is 84.2 Å². The van der Waals surface area contributed by atoms with E-state index >= 15 is 0 Å². The van der Waals surface area contributed by atoms with Crippen LogP contribution >= 0.6 is 0 Å². The van der Waals surface area contributed by atoms with E-state index in [0.29, 0.717) is 23.8 Å². The Morgan fingerprint density at radius 1 is 1.33 bits per heavy atom. The smallest absolute Gasteiger partial charge is 0.251 e. The highest BCUT2D eigenvalue weighted by atomic mass is 16.2. The fourth-order valence-electron chi connectivity index (χ4n) is 2.15.